The van der Waals surface area contributed by atoms with E-state index in [0.717, 1.165) is 17.0 Å². The Balaban J connectivity index is 1.70. The summed E-state index contributed by atoms with van der Waals surface area (Å²) in [5, 5.41) is 2.08. The van der Waals surface area contributed by atoms with Gasteiger partial charge in [0.2, 0.25) is 16.0 Å². The van der Waals surface area contributed by atoms with Crippen molar-refractivity contribution < 1.29 is 39.6 Å². The van der Waals surface area contributed by atoms with Gasteiger partial charge in [0.05, 0.1) is 12.6 Å². The number of hydrogen-bond donors (Lipinski definition) is 2. The zero-order valence-electron chi connectivity index (χ0n) is 18.8. The van der Waals surface area contributed by atoms with Gasteiger partial charge in [-0.15, -0.1) is 0 Å². The van der Waals surface area contributed by atoms with Crippen molar-refractivity contribution in [3.8, 4) is 11.1 Å². The van der Waals surface area contributed by atoms with E-state index in [4.69, 9.17) is 0 Å². The third-order valence-corrected chi connectivity index (χ3v) is 7.52. The Kier molecular flexibility index (Phi) is 7.24. The molecule has 0 unspecified atom stereocenters. The van der Waals surface area contributed by atoms with Gasteiger partial charge in [0.1, 0.15) is 17.5 Å². The molecule has 1 saturated carbocycles. The minimum atomic E-state index is -4.38. The van der Waals surface area contributed by atoms with Crippen LogP contribution in [0.1, 0.15) is 18.4 Å². The number of benzene rings is 2. The number of nitrogens with one attached hydrogen (secondary N) is 2. The van der Waals surface area contributed by atoms with E-state index in [9.17, 15) is 35.2 Å². The number of amides is 2. The number of carbonyl (C=O) groups excluding carboxylic acids is 1. The molecule has 2 aliphatic rings. The van der Waals surface area contributed by atoms with Crippen LogP contribution in [0.4, 0.5) is 31.1 Å². The van der Waals surface area contributed by atoms with Crippen molar-refractivity contribution >= 4 is 16.1 Å². The van der Waals surface area contributed by atoms with Crippen molar-refractivity contribution in [1.82, 2.24) is 14.9 Å². The van der Waals surface area contributed by atoms with Crippen LogP contribution in [0.15, 0.2) is 36.4 Å². The molecule has 0 bridgehead atoms. The molecule has 6 nitrogen and oxygen atoms in total. The number of hydrogen-bond acceptors (Lipinski definition) is 3. The topological polar surface area (TPSA) is 78.5 Å². The van der Waals surface area contributed by atoms with E-state index in [1.807, 2.05) is 0 Å². The summed E-state index contributed by atoms with van der Waals surface area (Å²) >= 11 is 0. The van der Waals surface area contributed by atoms with E-state index in [-0.39, 0.29) is 29.7 Å². The Morgan fingerprint density at radius 3 is 2.36 bits per heavy atom. The summed E-state index contributed by atoms with van der Waals surface area (Å²) in [6.07, 6.45) is -2.10. The molecule has 4 rings (SSSR count). The fourth-order valence-electron chi connectivity index (χ4n) is 4.81. The van der Waals surface area contributed by atoms with E-state index in [2.05, 4.69) is 10.0 Å². The van der Waals surface area contributed by atoms with Gasteiger partial charge in [-0.05, 0) is 42.5 Å². The number of alkyl halides is 3. The van der Waals surface area contributed by atoms with Gasteiger partial charge < -0.3 is 10.2 Å². The summed E-state index contributed by atoms with van der Waals surface area (Å²) in [6, 6.07) is 1.99. The quantitative estimate of drug-likeness (QED) is 0.503. The largest absolute Gasteiger partial charge is 0.332 e. The molecule has 13 heteroatoms. The third kappa shape index (κ3) is 5.46. The monoisotopic (exact) mass is 535 g/mol. The lowest BCUT2D eigenvalue weighted by atomic mass is 9.91. The SMILES string of the molecule is O=C(NCC(F)F)N1CC2(CC2)[C@H](NS(=O)(=O)CF)[C@@H]1Cc1cccc(-c2cc(F)cc(F)c2)c1F. The van der Waals surface area contributed by atoms with Crippen molar-refractivity contribution in [2.45, 2.75) is 37.8 Å². The molecule has 2 N–H and O–H groups in total. The van der Waals surface area contributed by atoms with Crippen molar-refractivity contribution in [1.29, 1.82) is 0 Å². The minimum Gasteiger partial charge on any atom is -0.332 e. The number of carbonyl (C=O) groups is 1. The molecule has 2 fully saturated rings. The van der Waals surface area contributed by atoms with Crippen molar-refractivity contribution in [2.24, 2.45) is 5.41 Å². The Hall–Kier alpha value is -2.80. The zero-order valence-corrected chi connectivity index (χ0v) is 19.6. The molecule has 1 spiro atoms. The van der Waals surface area contributed by atoms with Crippen LogP contribution in [0, 0.1) is 22.9 Å². The molecule has 36 heavy (non-hydrogen) atoms. The van der Waals surface area contributed by atoms with E-state index in [0.29, 0.717) is 18.9 Å². The molecule has 2 aromatic rings. The molecule has 1 aliphatic carbocycles. The first-order chi connectivity index (χ1) is 16.9. The Bertz CT molecular complexity index is 1240. The highest BCUT2D eigenvalue weighted by atomic mass is 32.2. The van der Waals surface area contributed by atoms with Crippen LogP contribution in [0.5, 0.6) is 0 Å². The standard InChI is InChI=1S/C23H23F6N3O3S/c24-12-36(34,35)31-21-18(32(11-23(21)4-5-23)22(33)30-10-19(27)28)8-13-2-1-3-17(20(13)29)14-6-15(25)9-16(26)7-14/h1-3,6-7,9,18-19,21,31H,4-5,8,10-12H2,(H,30,33)/t18-,21+/m0/s1. The van der Waals surface area contributed by atoms with Gasteiger partial charge >= 0.3 is 6.03 Å². The molecule has 1 aliphatic heterocycles. The molecule has 196 valence electrons. The van der Waals surface area contributed by atoms with Gasteiger partial charge in [-0.1, -0.05) is 18.2 Å². The van der Waals surface area contributed by atoms with E-state index < -0.39 is 70.0 Å². The van der Waals surface area contributed by atoms with Gasteiger partial charge in [0.15, 0.2) is 0 Å². The number of urea groups is 1. The van der Waals surface area contributed by atoms with E-state index in [1.165, 1.54) is 18.2 Å². The molecular weight excluding hydrogens is 512 g/mol. The van der Waals surface area contributed by atoms with Crippen LogP contribution in [0.3, 0.4) is 0 Å². The molecule has 2 aromatic carbocycles. The van der Waals surface area contributed by atoms with Crippen LogP contribution in [-0.4, -0.2) is 57.0 Å². The third-order valence-electron chi connectivity index (χ3n) is 6.62. The number of halogens is 6. The second kappa shape index (κ2) is 9.92. The predicted molar refractivity (Wildman–Crippen MR) is 119 cm³/mol. The molecule has 1 heterocycles. The summed E-state index contributed by atoms with van der Waals surface area (Å²) < 4.78 is 108. The fraction of sp³-hybridized carbons (Fsp3) is 0.435. The maximum atomic E-state index is 15.5. The second-order valence-electron chi connectivity index (χ2n) is 9.10. The summed E-state index contributed by atoms with van der Waals surface area (Å²) in [6.45, 7) is -0.937. The maximum Gasteiger partial charge on any atom is 0.317 e. The Morgan fingerprint density at radius 2 is 1.78 bits per heavy atom. The fourth-order valence-corrected chi connectivity index (χ4v) is 5.67. The number of rotatable bonds is 8. The van der Waals surface area contributed by atoms with Gasteiger partial charge in [0, 0.05) is 29.6 Å². The first-order valence-corrected chi connectivity index (χ1v) is 12.7. The molecule has 0 radical (unpaired) electrons. The average molecular weight is 536 g/mol. The molecular formula is C23H23F6N3O3S. The highest BCUT2D eigenvalue weighted by Gasteiger charge is 2.61. The van der Waals surface area contributed by atoms with Crippen molar-refractivity contribution in [3.63, 3.8) is 0 Å². The number of nitrogens with zero attached hydrogens (tertiary/aromatic N) is 1. The molecule has 1 saturated heterocycles. The Morgan fingerprint density at radius 1 is 1.11 bits per heavy atom. The highest BCUT2D eigenvalue weighted by molar-refractivity contribution is 7.89. The zero-order chi connectivity index (χ0) is 26.3. The van der Waals surface area contributed by atoms with Gasteiger partial charge in [0.25, 0.3) is 6.43 Å². The van der Waals surface area contributed by atoms with Crippen LogP contribution < -0.4 is 10.0 Å². The number of sulfonamides is 1. The smallest absolute Gasteiger partial charge is 0.317 e. The summed E-state index contributed by atoms with van der Waals surface area (Å²) in [5.41, 5.74) is -0.941. The van der Waals surface area contributed by atoms with Gasteiger partial charge in [-0.25, -0.2) is 44.3 Å². The van der Waals surface area contributed by atoms with Crippen molar-refractivity contribution in [3.05, 3.63) is 59.4 Å². The lowest BCUT2D eigenvalue weighted by Crippen LogP contribution is -2.52. The second-order valence-corrected chi connectivity index (χ2v) is 10.8. The van der Waals surface area contributed by atoms with Crippen molar-refractivity contribution in [2.75, 3.05) is 19.1 Å². The van der Waals surface area contributed by atoms with Crippen LogP contribution in [-0.2, 0) is 16.4 Å². The predicted octanol–water partition coefficient (Wildman–Crippen LogP) is 3.97. The lowest BCUT2D eigenvalue weighted by molar-refractivity contribution is 0.137. The highest BCUT2D eigenvalue weighted by Crippen LogP contribution is 2.55. The summed E-state index contributed by atoms with van der Waals surface area (Å²) in [4.78, 5) is 13.9. The van der Waals surface area contributed by atoms with Gasteiger partial charge in [-0.2, -0.15) is 0 Å². The van der Waals surface area contributed by atoms with Crippen LogP contribution >= 0.6 is 0 Å². The minimum absolute atomic E-state index is 0.00261. The molecule has 2 amide bonds. The molecule has 2 atom stereocenters. The van der Waals surface area contributed by atoms with Crippen LogP contribution in [0.2, 0.25) is 0 Å². The van der Waals surface area contributed by atoms with Crippen LogP contribution in [0.25, 0.3) is 11.1 Å². The molecule has 0 aromatic heterocycles. The first kappa shape index (κ1) is 26.3. The normalized spacial score (nSPS) is 20.8. The Labute approximate surface area is 203 Å². The average Bonchev–Trinajstić information content (AvgIpc) is 3.53. The number of likely N-dealkylation sites (tertiary alicyclic amines) is 1. The summed E-state index contributed by atoms with van der Waals surface area (Å²) in [5.74, 6) is -2.67. The van der Waals surface area contributed by atoms with E-state index in [1.54, 1.807) is 0 Å². The first-order valence-electron chi connectivity index (χ1n) is 11.1. The van der Waals surface area contributed by atoms with Gasteiger partial charge in [-0.3, -0.25) is 0 Å². The summed E-state index contributed by atoms with van der Waals surface area (Å²) in [7, 11) is -4.38. The van der Waals surface area contributed by atoms with E-state index >= 15 is 4.39 Å². The maximum absolute atomic E-state index is 15.5. The lowest BCUT2D eigenvalue weighted by Gasteiger charge is -2.29.